The summed E-state index contributed by atoms with van der Waals surface area (Å²) in [7, 11) is 1.38. The maximum Gasteiger partial charge on any atom is 0.337 e. The minimum absolute atomic E-state index is 0.0425. The zero-order chi connectivity index (χ0) is 12.0. The molecule has 0 aromatic carbocycles. The summed E-state index contributed by atoms with van der Waals surface area (Å²) in [5.74, 6) is -0.303. The van der Waals surface area contributed by atoms with E-state index in [0.29, 0.717) is 5.57 Å². The molecule has 4 heteroatoms. The van der Waals surface area contributed by atoms with E-state index in [1.807, 2.05) is 13.8 Å². The molecule has 1 aliphatic rings. The maximum atomic E-state index is 11.3. The Balaban J connectivity index is 0.000000921. The van der Waals surface area contributed by atoms with E-state index in [-0.39, 0.29) is 18.2 Å². The van der Waals surface area contributed by atoms with Crippen LogP contribution in [0.5, 0.6) is 0 Å². The van der Waals surface area contributed by atoms with Crippen molar-refractivity contribution in [1.29, 1.82) is 0 Å². The highest BCUT2D eigenvalue weighted by molar-refractivity contribution is 9.11. The van der Waals surface area contributed by atoms with Crippen LogP contribution in [0.3, 0.4) is 0 Å². The zero-order valence-corrected chi connectivity index (χ0v) is 11.0. The van der Waals surface area contributed by atoms with E-state index < -0.39 is 0 Å². The van der Waals surface area contributed by atoms with Crippen molar-refractivity contribution in [1.82, 2.24) is 0 Å². The molecule has 2 unspecified atom stereocenters. The Bertz CT molecular complexity index is 261. The molecule has 0 saturated carbocycles. The fourth-order valence-electron chi connectivity index (χ4n) is 1.39. The molecule has 1 rings (SSSR count). The van der Waals surface area contributed by atoms with Crippen molar-refractivity contribution >= 4 is 21.9 Å². The summed E-state index contributed by atoms with van der Waals surface area (Å²) in [4.78, 5) is 11.3. The van der Waals surface area contributed by atoms with Gasteiger partial charge in [-0.05, 0) is 13.3 Å². The topological polar surface area (TPSA) is 35.5 Å². The lowest BCUT2D eigenvalue weighted by Crippen LogP contribution is -2.17. The molecule has 0 aliphatic carbocycles. The highest BCUT2D eigenvalue weighted by atomic mass is 79.9. The molecule has 86 valence electrons. The van der Waals surface area contributed by atoms with Crippen LogP contribution in [-0.4, -0.2) is 25.3 Å². The third-order valence-electron chi connectivity index (χ3n) is 2.08. The summed E-state index contributed by atoms with van der Waals surface area (Å²) < 4.78 is 11.0. The summed E-state index contributed by atoms with van der Waals surface area (Å²) in [5.41, 5.74) is 0.623. The molecule has 2 atom stereocenters. The van der Waals surface area contributed by atoms with Crippen molar-refractivity contribution in [3.05, 3.63) is 23.2 Å². The summed E-state index contributed by atoms with van der Waals surface area (Å²) in [6.07, 6.45) is 0.611. The van der Waals surface area contributed by atoms with Crippen LogP contribution < -0.4 is 0 Å². The van der Waals surface area contributed by atoms with E-state index in [4.69, 9.17) is 4.74 Å². The quantitative estimate of drug-likeness (QED) is 0.575. The van der Waals surface area contributed by atoms with Gasteiger partial charge in [0, 0.05) is 4.48 Å². The number of carbonyl (C=O) groups is 1. The predicted molar refractivity (Wildman–Crippen MR) is 63.8 cm³/mol. The van der Waals surface area contributed by atoms with Gasteiger partial charge in [-0.1, -0.05) is 22.9 Å². The van der Waals surface area contributed by atoms with E-state index >= 15 is 0 Å². The van der Waals surface area contributed by atoms with E-state index in [2.05, 4.69) is 33.8 Å². The van der Waals surface area contributed by atoms with Gasteiger partial charge in [0.05, 0.1) is 24.9 Å². The number of methoxy groups -OCH3 is 1. The molecule has 0 N–H and O–H groups in total. The Hall–Kier alpha value is -0.610. The molecular weight excluding hydrogens is 260 g/mol. The van der Waals surface area contributed by atoms with Gasteiger partial charge in [-0.25, -0.2) is 4.79 Å². The number of ether oxygens (including phenoxy) is 2. The van der Waals surface area contributed by atoms with Gasteiger partial charge >= 0.3 is 5.97 Å². The van der Waals surface area contributed by atoms with Crippen LogP contribution in [0.2, 0.25) is 0 Å². The third kappa shape index (κ3) is 3.18. The molecule has 0 bridgehead atoms. The fourth-order valence-corrected chi connectivity index (χ4v) is 1.91. The Kier molecular flexibility index (Phi) is 6.52. The number of hydrogen-bond donors (Lipinski definition) is 0. The van der Waals surface area contributed by atoms with Crippen LogP contribution in [0.1, 0.15) is 20.3 Å². The molecule has 0 radical (unpaired) electrons. The minimum atomic E-state index is -0.303. The summed E-state index contributed by atoms with van der Waals surface area (Å²) >= 11 is 3.35. The van der Waals surface area contributed by atoms with Crippen LogP contribution in [0, 0.1) is 0 Å². The van der Waals surface area contributed by atoms with Gasteiger partial charge < -0.3 is 9.47 Å². The molecule has 0 aromatic heterocycles. The minimum Gasteiger partial charge on any atom is -0.466 e. The molecule has 1 heterocycles. The normalized spacial score (nSPS) is 24.5. The zero-order valence-electron chi connectivity index (χ0n) is 9.38. The largest absolute Gasteiger partial charge is 0.466 e. The Labute approximate surface area is 99.3 Å². The van der Waals surface area contributed by atoms with Crippen LogP contribution in [0.4, 0.5) is 0 Å². The van der Waals surface area contributed by atoms with Crippen molar-refractivity contribution in [2.75, 3.05) is 7.11 Å². The fraction of sp³-hybridized carbons (Fsp3) is 0.545. The van der Waals surface area contributed by atoms with Crippen LogP contribution >= 0.6 is 15.9 Å². The average molecular weight is 277 g/mol. The molecule has 15 heavy (non-hydrogen) atoms. The summed E-state index contributed by atoms with van der Waals surface area (Å²) in [5, 5.41) is 0. The van der Waals surface area contributed by atoms with Gasteiger partial charge in [-0.15, -0.1) is 13.2 Å². The van der Waals surface area contributed by atoms with E-state index in [1.54, 1.807) is 0 Å². The first-order valence-electron chi connectivity index (χ1n) is 4.75. The second kappa shape index (κ2) is 6.80. The molecule has 0 amide bonds. The molecule has 0 fully saturated rings. The lowest BCUT2D eigenvalue weighted by Gasteiger charge is -2.10. The van der Waals surface area contributed by atoms with Gasteiger partial charge in [0.2, 0.25) is 0 Å². The summed E-state index contributed by atoms with van der Waals surface area (Å²) in [6, 6.07) is 0. The number of rotatable bonds is 2. The maximum absolute atomic E-state index is 11.3. The van der Waals surface area contributed by atoms with E-state index in [9.17, 15) is 4.79 Å². The smallest absolute Gasteiger partial charge is 0.337 e. The lowest BCUT2D eigenvalue weighted by molar-refractivity contribution is -0.137. The Morgan fingerprint density at radius 1 is 1.60 bits per heavy atom. The molecule has 1 aliphatic heterocycles. The first-order chi connectivity index (χ1) is 7.11. The van der Waals surface area contributed by atoms with Gasteiger partial charge in [0.25, 0.3) is 0 Å². The van der Waals surface area contributed by atoms with Crippen LogP contribution in [0.25, 0.3) is 0 Å². The van der Waals surface area contributed by atoms with Gasteiger partial charge in [-0.2, -0.15) is 0 Å². The highest BCUT2D eigenvalue weighted by Crippen LogP contribution is 2.33. The van der Waals surface area contributed by atoms with Crippen molar-refractivity contribution in [3.8, 4) is 0 Å². The Morgan fingerprint density at radius 2 is 2.13 bits per heavy atom. The van der Waals surface area contributed by atoms with Crippen LogP contribution in [-0.2, 0) is 14.3 Å². The summed E-state index contributed by atoms with van der Waals surface area (Å²) in [6.45, 7) is 9.88. The lowest BCUT2D eigenvalue weighted by atomic mass is 10.1. The monoisotopic (exact) mass is 276 g/mol. The molecule has 0 spiro atoms. The number of hydrogen-bond acceptors (Lipinski definition) is 3. The van der Waals surface area contributed by atoms with Gasteiger partial charge in [-0.3, -0.25) is 0 Å². The first kappa shape index (κ1) is 14.4. The van der Waals surface area contributed by atoms with Gasteiger partial charge in [0.15, 0.2) is 0 Å². The van der Waals surface area contributed by atoms with Gasteiger partial charge in [0.1, 0.15) is 0 Å². The second-order valence-electron chi connectivity index (χ2n) is 2.93. The third-order valence-corrected chi connectivity index (χ3v) is 3.15. The van der Waals surface area contributed by atoms with E-state index in [0.717, 1.165) is 10.9 Å². The van der Waals surface area contributed by atoms with Crippen molar-refractivity contribution in [2.45, 2.75) is 32.5 Å². The highest BCUT2D eigenvalue weighted by Gasteiger charge is 2.34. The predicted octanol–water partition coefficient (Wildman–Crippen LogP) is 2.81. The Morgan fingerprint density at radius 3 is 2.53 bits per heavy atom. The number of esters is 1. The second-order valence-corrected chi connectivity index (χ2v) is 3.78. The standard InChI is InChI=1S/C9H13BrO3.C2H4/c1-4-6-7(9(11)12-3)8(10)5(2)13-6;1-2/h5-6H,4H2,1-3H3;1-2H2. The van der Waals surface area contributed by atoms with Crippen LogP contribution in [0.15, 0.2) is 23.2 Å². The molecular formula is C11H17BrO3. The van der Waals surface area contributed by atoms with Crippen molar-refractivity contribution in [2.24, 2.45) is 0 Å². The molecule has 0 saturated heterocycles. The average Bonchev–Trinajstić information content (AvgIpc) is 2.57. The van der Waals surface area contributed by atoms with Crippen molar-refractivity contribution in [3.63, 3.8) is 0 Å². The number of carbonyl (C=O) groups excluding carboxylic acids is 1. The molecule has 3 nitrogen and oxygen atoms in total. The number of halogens is 1. The van der Waals surface area contributed by atoms with E-state index in [1.165, 1.54) is 7.11 Å². The first-order valence-corrected chi connectivity index (χ1v) is 5.54. The molecule has 0 aromatic rings. The SMILES string of the molecule is C=C.CCC1OC(C)C(Br)=C1C(=O)OC. The van der Waals surface area contributed by atoms with Crippen molar-refractivity contribution < 1.29 is 14.3 Å².